The van der Waals surface area contributed by atoms with Gasteiger partial charge in [-0.25, -0.2) is 0 Å². The molecule has 1 heterocycles. The maximum Gasteiger partial charge on any atom is 0.307 e. The highest BCUT2D eigenvalue weighted by Gasteiger charge is 2.17. The Morgan fingerprint density at radius 2 is 1.77 bits per heavy atom. The van der Waals surface area contributed by atoms with Crippen LogP contribution in [0.25, 0.3) is 22.5 Å². The summed E-state index contributed by atoms with van der Waals surface area (Å²) in [6, 6.07) is 22.6. The highest BCUT2D eigenvalue weighted by molar-refractivity contribution is 6.30. The third-order valence-electron chi connectivity index (χ3n) is 5.60. The van der Waals surface area contributed by atoms with Gasteiger partial charge in [0.25, 0.3) is 0 Å². The van der Waals surface area contributed by atoms with Crippen LogP contribution >= 0.6 is 23.2 Å². The predicted octanol–water partition coefficient (Wildman–Crippen LogP) is 7.53. The van der Waals surface area contributed by atoms with Crippen LogP contribution in [-0.2, 0) is 24.4 Å². The normalized spacial score (nSPS) is 10.9. The molecule has 3 aromatic carbocycles. The Kier molecular flexibility index (Phi) is 8.11. The number of carboxylic acid groups (broad SMARTS) is 1. The van der Waals surface area contributed by atoms with Crippen molar-refractivity contribution in [3.63, 3.8) is 0 Å². The summed E-state index contributed by atoms with van der Waals surface area (Å²) in [5.41, 5.74) is 5.06. The second kappa shape index (κ2) is 11.4. The van der Waals surface area contributed by atoms with Crippen LogP contribution in [0.2, 0.25) is 10.0 Å². The minimum absolute atomic E-state index is 0.0812. The summed E-state index contributed by atoms with van der Waals surface area (Å²) < 4.78 is 8.16. The van der Waals surface area contributed by atoms with E-state index in [0.29, 0.717) is 28.0 Å². The number of aliphatic carboxylic acids is 1. The fourth-order valence-electron chi connectivity index (χ4n) is 3.86. The number of aryl methyl sites for hydroxylation is 1. The molecule has 1 N–H and O–H groups in total. The third kappa shape index (κ3) is 6.44. The fraction of sp³-hybridized carbons (Fsp3) is 0.214. The Bertz CT molecular complexity index is 1320. The molecule has 5 nitrogen and oxygen atoms in total. The van der Waals surface area contributed by atoms with Crippen LogP contribution in [0, 0.1) is 0 Å². The Labute approximate surface area is 214 Å². The van der Waals surface area contributed by atoms with Crippen LogP contribution in [0.1, 0.15) is 30.9 Å². The number of aromatic nitrogens is 2. The second-order valence-corrected chi connectivity index (χ2v) is 9.19. The SMILES string of the molecule is CCCCn1nc(-c2cc(CC(=O)O)ccc2OCc2cccc(Cl)c2)cc1-c1ccc(Cl)cc1. The van der Waals surface area contributed by atoms with Crippen molar-refractivity contribution >= 4 is 29.2 Å². The van der Waals surface area contributed by atoms with Crippen molar-refractivity contribution in [3.05, 3.63) is 94.0 Å². The summed E-state index contributed by atoms with van der Waals surface area (Å²) in [6.45, 7) is 3.23. The number of hydrogen-bond donors (Lipinski definition) is 1. The molecule has 0 aliphatic carbocycles. The Morgan fingerprint density at radius 3 is 2.49 bits per heavy atom. The van der Waals surface area contributed by atoms with Gasteiger partial charge in [-0.2, -0.15) is 5.10 Å². The lowest BCUT2D eigenvalue weighted by Gasteiger charge is -2.12. The molecular weight excluding hydrogens is 483 g/mol. The number of carboxylic acids is 1. The first kappa shape index (κ1) is 24.8. The molecule has 0 atom stereocenters. The molecule has 35 heavy (non-hydrogen) atoms. The van der Waals surface area contributed by atoms with Gasteiger partial charge in [-0.15, -0.1) is 0 Å². The lowest BCUT2D eigenvalue weighted by molar-refractivity contribution is -0.136. The maximum absolute atomic E-state index is 11.4. The summed E-state index contributed by atoms with van der Waals surface area (Å²) in [5, 5.41) is 15.5. The molecule has 0 bridgehead atoms. The molecule has 4 rings (SSSR count). The molecule has 0 aliphatic rings. The summed E-state index contributed by atoms with van der Waals surface area (Å²) >= 11 is 12.2. The molecule has 180 valence electrons. The van der Waals surface area contributed by atoms with Crippen LogP contribution in [0.5, 0.6) is 5.75 Å². The third-order valence-corrected chi connectivity index (χ3v) is 6.09. The van der Waals surface area contributed by atoms with E-state index in [9.17, 15) is 9.90 Å². The van der Waals surface area contributed by atoms with E-state index >= 15 is 0 Å². The van der Waals surface area contributed by atoms with Gasteiger partial charge < -0.3 is 9.84 Å². The topological polar surface area (TPSA) is 64.4 Å². The highest BCUT2D eigenvalue weighted by atomic mass is 35.5. The molecule has 1 aromatic heterocycles. The van der Waals surface area contributed by atoms with Crippen molar-refractivity contribution in [1.29, 1.82) is 0 Å². The van der Waals surface area contributed by atoms with Crippen LogP contribution in [-0.4, -0.2) is 20.9 Å². The van der Waals surface area contributed by atoms with E-state index in [1.165, 1.54) is 0 Å². The molecule has 0 aliphatic heterocycles. The summed E-state index contributed by atoms with van der Waals surface area (Å²) in [6.07, 6.45) is 1.94. The van der Waals surface area contributed by atoms with Crippen LogP contribution in [0.3, 0.4) is 0 Å². The number of ether oxygens (including phenoxy) is 1. The number of nitrogens with zero attached hydrogens (tertiary/aromatic N) is 2. The Morgan fingerprint density at radius 1 is 0.971 bits per heavy atom. The molecular formula is C28H26Cl2N2O3. The number of benzene rings is 3. The van der Waals surface area contributed by atoms with Crippen molar-refractivity contribution in [2.75, 3.05) is 0 Å². The van der Waals surface area contributed by atoms with Crippen molar-refractivity contribution < 1.29 is 14.6 Å². The first-order valence-electron chi connectivity index (χ1n) is 11.5. The van der Waals surface area contributed by atoms with Crippen molar-refractivity contribution in [1.82, 2.24) is 9.78 Å². The first-order valence-corrected chi connectivity index (χ1v) is 12.2. The molecule has 7 heteroatoms. The quantitative estimate of drug-likeness (QED) is 0.240. The van der Waals surface area contributed by atoms with E-state index in [0.717, 1.165) is 47.5 Å². The van der Waals surface area contributed by atoms with Gasteiger partial charge in [0.2, 0.25) is 0 Å². The molecule has 0 radical (unpaired) electrons. The zero-order chi connectivity index (χ0) is 24.8. The molecule has 0 amide bonds. The van der Waals surface area contributed by atoms with Gasteiger partial charge in [-0.3, -0.25) is 9.48 Å². The monoisotopic (exact) mass is 508 g/mol. The Balaban J connectivity index is 1.75. The average molecular weight is 509 g/mol. The van der Waals surface area contributed by atoms with Gasteiger partial charge in [-0.1, -0.05) is 66.9 Å². The molecule has 4 aromatic rings. The zero-order valence-electron chi connectivity index (χ0n) is 19.4. The predicted molar refractivity (Wildman–Crippen MR) is 140 cm³/mol. The molecule has 0 unspecified atom stereocenters. The number of rotatable bonds is 10. The second-order valence-electron chi connectivity index (χ2n) is 8.32. The van der Waals surface area contributed by atoms with Crippen LogP contribution < -0.4 is 4.74 Å². The molecule has 0 spiro atoms. The van der Waals surface area contributed by atoms with Crippen LogP contribution in [0.15, 0.2) is 72.8 Å². The van der Waals surface area contributed by atoms with Crippen molar-refractivity contribution in [2.24, 2.45) is 0 Å². The van der Waals surface area contributed by atoms with Gasteiger partial charge in [0, 0.05) is 22.2 Å². The van der Waals surface area contributed by atoms with Gasteiger partial charge in [-0.05, 0) is 65.6 Å². The largest absolute Gasteiger partial charge is 0.488 e. The van der Waals surface area contributed by atoms with E-state index < -0.39 is 5.97 Å². The standard InChI is InChI=1S/C28H26Cl2N2O3/c1-2-3-13-32-26(21-8-10-22(29)11-9-21)17-25(31-32)24-15-19(16-28(33)34)7-12-27(24)35-18-20-5-4-6-23(30)14-20/h4-12,14-15,17H,2-3,13,16,18H2,1H3,(H,33,34). The number of unbranched alkanes of at least 4 members (excludes halogenated alkanes) is 1. The van der Waals surface area contributed by atoms with Crippen LogP contribution in [0.4, 0.5) is 0 Å². The summed E-state index contributed by atoms with van der Waals surface area (Å²) in [4.78, 5) is 11.4. The van der Waals surface area contributed by atoms with E-state index in [-0.39, 0.29) is 6.42 Å². The van der Waals surface area contributed by atoms with Gasteiger partial charge in [0.15, 0.2) is 0 Å². The smallest absolute Gasteiger partial charge is 0.307 e. The number of halogens is 2. The minimum Gasteiger partial charge on any atom is -0.488 e. The van der Waals surface area contributed by atoms with Crippen molar-refractivity contribution in [2.45, 2.75) is 39.3 Å². The van der Waals surface area contributed by atoms with E-state index in [2.05, 4.69) is 6.92 Å². The van der Waals surface area contributed by atoms with E-state index in [1.807, 2.05) is 71.4 Å². The van der Waals surface area contributed by atoms with Gasteiger partial charge in [0.05, 0.1) is 17.8 Å². The lowest BCUT2D eigenvalue weighted by atomic mass is 10.0. The average Bonchev–Trinajstić information content (AvgIpc) is 3.26. The molecule has 0 saturated heterocycles. The van der Waals surface area contributed by atoms with E-state index in [4.69, 9.17) is 33.0 Å². The molecule has 0 fully saturated rings. The van der Waals surface area contributed by atoms with Gasteiger partial charge >= 0.3 is 5.97 Å². The zero-order valence-corrected chi connectivity index (χ0v) is 20.9. The number of hydrogen-bond acceptors (Lipinski definition) is 3. The van der Waals surface area contributed by atoms with Gasteiger partial charge in [0.1, 0.15) is 12.4 Å². The van der Waals surface area contributed by atoms with Crippen molar-refractivity contribution in [3.8, 4) is 28.3 Å². The van der Waals surface area contributed by atoms with E-state index in [1.54, 1.807) is 6.07 Å². The Hall–Kier alpha value is -3.28. The number of carbonyl (C=O) groups is 1. The first-order chi connectivity index (χ1) is 16.9. The fourth-order valence-corrected chi connectivity index (χ4v) is 4.19. The summed E-state index contributed by atoms with van der Waals surface area (Å²) in [7, 11) is 0. The maximum atomic E-state index is 11.4. The summed E-state index contributed by atoms with van der Waals surface area (Å²) in [5.74, 6) is -0.263. The highest BCUT2D eigenvalue weighted by Crippen LogP contribution is 2.34. The minimum atomic E-state index is -0.890. The lowest BCUT2D eigenvalue weighted by Crippen LogP contribution is -2.03. The molecule has 0 saturated carbocycles.